The van der Waals surface area contributed by atoms with E-state index in [2.05, 4.69) is 26.9 Å². The largest absolute Gasteiger partial charge is 0.377 e. The van der Waals surface area contributed by atoms with E-state index in [0.717, 1.165) is 17.9 Å². The van der Waals surface area contributed by atoms with Crippen LogP contribution in [0.3, 0.4) is 0 Å². The van der Waals surface area contributed by atoms with Crippen molar-refractivity contribution in [1.29, 1.82) is 0 Å². The standard InChI is InChI=1S/C8H11N5S/c1-2-13-5-7(4-10-13)9-3-8-6-14-12-11-8/h4-6,9H,2-3H2,1H3. The summed E-state index contributed by atoms with van der Waals surface area (Å²) in [7, 11) is 0. The minimum Gasteiger partial charge on any atom is -0.377 e. The molecule has 0 amide bonds. The highest BCUT2D eigenvalue weighted by Gasteiger charge is 1.98. The Balaban J connectivity index is 1.92. The molecule has 2 aromatic rings. The van der Waals surface area contributed by atoms with E-state index in [1.807, 2.05) is 22.5 Å². The molecule has 74 valence electrons. The molecule has 2 aromatic heterocycles. The molecule has 0 bridgehead atoms. The van der Waals surface area contributed by atoms with Gasteiger partial charge in [-0.3, -0.25) is 4.68 Å². The van der Waals surface area contributed by atoms with Gasteiger partial charge in [0.15, 0.2) is 0 Å². The van der Waals surface area contributed by atoms with Crippen molar-refractivity contribution in [1.82, 2.24) is 19.4 Å². The molecule has 0 saturated heterocycles. The molecule has 0 aromatic carbocycles. The molecule has 0 atom stereocenters. The van der Waals surface area contributed by atoms with Crippen LogP contribution in [0.25, 0.3) is 0 Å². The second-order valence-electron chi connectivity index (χ2n) is 2.83. The van der Waals surface area contributed by atoms with Gasteiger partial charge in [0.2, 0.25) is 0 Å². The van der Waals surface area contributed by atoms with Gasteiger partial charge in [0.05, 0.1) is 24.1 Å². The van der Waals surface area contributed by atoms with Crippen LogP contribution in [-0.2, 0) is 13.1 Å². The Morgan fingerprint density at radius 1 is 1.57 bits per heavy atom. The number of hydrogen-bond donors (Lipinski definition) is 1. The molecule has 2 heterocycles. The molecule has 0 radical (unpaired) electrons. The lowest BCUT2D eigenvalue weighted by Crippen LogP contribution is -1.98. The number of hydrogen-bond acceptors (Lipinski definition) is 5. The number of aryl methyl sites for hydroxylation is 1. The number of anilines is 1. The number of nitrogens with one attached hydrogen (secondary N) is 1. The van der Waals surface area contributed by atoms with Crippen molar-refractivity contribution in [2.45, 2.75) is 20.0 Å². The molecule has 0 saturated carbocycles. The molecule has 0 fully saturated rings. The fourth-order valence-electron chi connectivity index (χ4n) is 1.08. The van der Waals surface area contributed by atoms with Crippen LogP contribution in [0.1, 0.15) is 12.6 Å². The first-order chi connectivity index (χ1) is 6.88. The fraction of sp³-hybridized carbons (Fsp3) is 0.375. The van der Waals surface area contributed by atoms with E-state index < -0.39 is 0 Å². The van der Waals surface area contributed by atoms with Crippen molar-refractivity contribution < 1.29 is 0 Å². The van der Waals surface area contributed by atoms with Crippen LogP contribution in [0.5, 0.6) is 0 Å². The maximum Gasteiger partial charge on any atom is 0.0946 e. The van der Waals surface area contributed by atoms with Crippen LogP contribution in [0.4, 0.5) is 5.69 Å². The summed E-state index contributed by atoms with van der Waals surface area (Å²) in [4.78, 5) is 0. The zero-order valence-corrected chi connectivity index (χ0v) is 8.66. The predicted molar refractivity (Wildman–Crippen MR) is 55.1 cm³/mol. The van der Waals surface area contributed by atoms with Gasteiger partial charge in [0.25, 0.3) is 0 Å². The summed E-state index contributed by atoms with van der Waals surface area (Å²) in [6.45, 7) is 3.65. The number of rotatable bonds is 4. The van der Waals surface area contributed by atoms with Crippen molar-refractivity contribution in [3.63, 3.8) is 0 Å². The lowest BCUT2D eigenvalue weighted by atomic mass is 10.4. The Labute approximate surface area is 85.9 Å². The van der Waals surface area contributed by atoms with E-state index in [1.165, 1.54) is 11.5 Å². The first kappa shape index (κ1) is 9.14. The van der Waals surface area contributed by atoms with Gasteiger partial charge < -0.3 is 5.32 Å². The Kier molecular flexibility index (Phi) is 2.73. The highest BCUT2D eigenvalue weighted by atomic mass is 32.1. The normalized spacial score (nSPS) is 10.4. The molecule has 5 nitrogen and oxygen atoms in total. The molecular weight excluding hydrogens is 198 g/mol. The van der Waals surface area contributed by atoms with E-state index in [4.69, 9.17) is 0 Å². The van der Waals surface area contributed by atoms with Crippen molar-refractivity contribution in [3.8, 4) is 0 Å². The minimum atomic E-state index is 0.700. The van der Waals surface area contributed by atoms with E-state index in [9.17, 15) is 0 Å². The molecule has 2 rings (SSSR count). The van der Waals surface area contributed by atoms with Gasteiger partial charge in [-0.2, -0.15) is 5.10 Å². The Hall–Kier alpha value is -1.43. The van der Waals surface area contributed by atoms with Gasteiger partial charge in [-0.25, -0.2) is 0 Å². The number of nitrogens with zero attached hydrogens (tertiary/aromatic N) is 4. The number of aromatic nitrogens is 4. The van der Waals surface area contributed by atoms with E-state index >= 15 is 0 Å². The molecule has 0 aliphatic heterocycles. The van der Waals surface area contributed by atoms with Gasteiger partial charge in [-0.05, 0) is 18.5 Å². The summed E-state index contributed by atoms with van der Waals surface area (Å²) in [6, 6.07) is 0. The van der Waals surface area contributed by atoms with E-state index in [0.29, 0.717) is 6.54 Å². The van der Waals surface area contributed by atoms with Crippen molar-refractivity contribution in [2.75, 3.05) is 5.32 Å². The van der Waals surface area contributed by atoms with Crippen LogP contribution in [0.15, 0.2) is 17.8 Å². The summed E-state index contributed by atoms with van der Waals surface area (Å²) in [5.74, 6) is 0. The molecule has 14 heavy (non-hydrogen) atoms. The Morgan fingerprint density at radius 2 is 2.50 bits per heavy atom. The topological polar surface area (TPSA) is 55.6 Å². The third kappa shape index (κ3) is 2.08. The first-order valence-electron chi connectivity index (χ1n) is 4.40. The maximum absolute atomic E-state index is 4.16. The molecule has 6 heteroatoms. The summed E-state index contributed by atoms with van der Waals surface area (Å²) in [6.07, 6.45) is 3.78. The summed E-state index contributed by atoms with van der Waals surface area (Å²) in [5, 5.41) is 13.2. The molecule has 0 aliphatic carbocycles. The average Bonchev–Trinajstić information content (AvgIpc) is 2.86. The van der Waals surface area contributed by atoms with Gasteiger partial charge in [0, 0.05) is 18.1 Å². The van der Waals surface area contributed by atoms with Gasteiger partial charge in [-0.15, -0.1) is 5.10 Å². The minimum absolute atomic E-state index is 0.700. The Bertz CT molecular complexity index is 380. The van der Waals surface area contributed by atoms with Crippen molar-refractivity contribution in [2.24, 2.45) is 0 Å². The molecule has 0 aliphatic rings. The van der Waals surface area contributed by atoms with Crippen LogP contribution < -0.4 is 5.32 Å². The third-order valence-corrected chi connectivity index (χ3v) is 2.39. The smallest absolute Gasteiger partial charge is 0.0946 e. The van der Waals surface area contributed by atoms with Crippen LogP contribution in [-0.4, -0.2) is 19.4 Å². The van der Waals surface area contributed by atoms with Gasteiger partial charge >= 0.3 is 0 Å². The molecule has 1 N–H and O–H groups in total. The summed E-state index contributed by atoms with van der Waals surface area (Å²) in [5.41, 5.74) is 1.97. The molecular formula is C8H11N5S. The van der Waals surface area contributed by atoms with Crippen LogP contribution in [0, 0.1) is 0 Å². The van der Waals surface area contributed by atoms with Crippen molar-refractivity contribution in [3.05, 3.63) is 23.5 Å². The van der Waals surface area contributed by atoms with Crippen LogP contribution >= 0.6 is 11.5 Å². The predicted octanol–water partition coefficient (Wildman–Crippen LogP) is 1.37. The van der Waals surface area contributed by atoms with Gasteiger partial charge in [0.1, 0.15) is 0 Å². The van der Waals surface area contributed by atoms with Crippen molar-refractivity contribution >= 4 is 17.2 Å². The van der Waals surface area contributed by atoms with Crippen LogP contribution in [0.2, 0.25) is 0 Å². The van der Waals surface area contributed by atoms with E-state index in [-0.39, 0.29) is 0 Å². The molecule has 0 spiro atoms. The maximum atomic E-state index is 4.16. The lowest BCUT2D eigenvalue weighted by molar-refractivity contribution is 0.660. The van der Waals surface area contributed by atoms with Gasteiger partial charge in [-0.1, -0.05) is 4.49 Å². The third-order valence-electron chi connectivity index (χ3n) is 1.84. The highest BCUT2D eigenvalue weighted by Crippen LogP contribution is 2.07. The highest BCUT2D eigenvalue weighted by molar-refractivity contribution is 7.03. The second-order valence-corrected chi connectivity index (χ2v) is 3.44. The average molecular weight is 209 g/mol. The SMILES string of the molecule is CCn1cc(NCc2csnn2)cn1. The summed E-state index contributed by atoms with van der Waals surface area (Å²) >= 11 is 1.36. The van der Waals surface area contributed by atoms with E-state index in [1.54, 1.807) is 0 Å². The fourth-order valence-corrected chi connectivity index (χ4v) is 1.53. The Morgan fingerprint density at radius 3 is 3.14 bits per heavy atom. The monoisotopic (exact) mass is 209 g/mol. The first-order valence-corrected chi connectivity index (χ1v) is 5.24. The second kappa shape index (κ2) is 4.19. The summed E-state index contributed by atoms with van der Waals surface area (Å²) < 4.78 is 5.66. The zero-order chi connectivity index (χ0) is 9.80. The lowest BCUT2D eigenvalue weighted by Gasteiger charge is -1.98. The quantitative estimate of drug-likeness (QED) is 0.826. The molecule has 0 unspecified atom stereocenters. The zero-order valence-electron chi connectivity index (χ0n) is 7.84.